The van der Waals surface area contributed by atoms with Gasteiger partial charge in [0, 0.05) is 110 Å². The van der Waals surface area contributed by atoms with Crippen LogP contribution < -0.4 is 29.6 Å². The molecule has 2 heterocycles. The minimum absolute atomic E-state index is 0.0420. The van der Waals surface area contributed by atoms with Crippen molar-refractivity contribution in [2.75, 3.05) is 55.7 Å². The van der Waals surface area contributed by atoms with Gasteiger partial charge in [-0.15, -0.1) is 0 Å². The van der Waals surface area contributed by atoms with Crippen molar-refractivity contribution < 1.29 is 74.3 Å². The number of nitrogens with one attached hydrogen (secondary N) is 2. The molecule has 2 saturated carbocycles. The minimum Gasteiger partial charge on any atom is -0.457 e. The molecule has 2 aliphatic heterocycles. The topological polar surface area (TPSA) is 225 Å². The van der Waals surface area contributed by atoms with E-state index in [2.05, 4.69) is 10.6 Å². The molecule has 20 nitrogen and oxygen atoms in total. The Hall–Kier alpha value is -9.11. The maximum Gasteiger partial charge on any atom is 0.500 e. The van der Waals surface area contributed by atoms with Gasteiger partial charge < -0.3 is 56.1 Å². The number of ether oxygens (including phenoxy) is 4. The Labute approximate surface area is 545 Å². The van der Waals surface area contributed by atoms with E-state index in [9.17, 15) is 9.59 Å². The predicted molar refractivity (Wildman–Crippen MR) is 355 cm³/mol. The lowest BCUT2D eigenvalue weighted by atomic mass is 9.80. The lowest BCUT2D eigenvalue weighted by Gasteiger charge is -2.35. The fraction of sp³-hybridized carbons (Fsp3) is 0.306. The highest BCUT2D eigenvalue weighted by atomic mass is 28.4. The van der Waals surface area contributed by atoms with Crippen LogP contribution in [0.2, 0.25) is 12.1 Å². The Kier molecular flexibility index (Phi) is 18.1. The van der Waals surface area contributed by atoms with Crippen LogP contribution >= 0.6 is 0 Å². The molecule has 0 aromatic heterocycles. The first-order valence-corrected chi connectivity index (χ1v) is 35.4. The van der Waals surface area contributed by atoms with Crippen LogP contribution in [0.4, 0.5) is 0 Å². The molecule has 94 heavy (non-hydrogen) atoms. The van der Waals surface area contributed by atoms with Crippen LogP contribution in [-0.4, -0.2) is 131 Å². The van der Waals surface area contributed by atoms with E-state index in [1.807, 2.05) is 24.3 Å². The van der Waals surface area contributed by atoms with Crippen molar-refractivity contribution in [1.82, 2.24) is 20.4 Å². The minimum atomic E-state index is -2.95. The van der Waals surface area contributed by atoms with Gasteiger partial charge >= 0.3 is 17.6 Å². The first-order chi connectivity index (χ1) is 45.7. The average molecular weight is 1310 g/mol. The summed E-state index contributed by atoms with van der Waals surface area (Å²) < 4.78 is 62.6. The van der Waals surface area contributed by atoms with Gasteiger partial charge in [-0.2, -0.15) is 0 Å². The van der Waals surface area contributed by atoms with Crippen LogP contribution in [0.15, 0.2) is 146 Å². The van der Waals surface area contributed by atoms with Gasteiger partial charge in [-0.05, 0) is 110 Å². The Morgan fingerprint density at radius 1 is 0.383 bits per heavy atom. The molecular formula is C72H72N4O16Si2. The van der Waals surface area contributed by atoms with Crippen LogP contribution in [0.25, 0.3) is 43.1 Å². The number of hydrogen-bond acceptors (Lipinski definition) is 16. The first-order valence-electron chi connectivity index (χ1n) is 31.6. The van der Waals surface area contributed by atoms with Crippen LogP contribution in [0.3, 0.4) is 0 Å². The zero-order valence-electron chi connectivity index (χ0n) is 53.1. The molecule has 9 aromatic rings. The third-order valence-corrected chi connectivity index (χ3v) is 24.7. The van der Waals surface area contributed by atoms with E-state index in [1.54, 1.807) is 164 Å². The Morgan fingerprint density at radius 3 is 0.904 bits per heavy atom. The Morgan fingerprint density at radius 2 is 0.649 bits per heavy atom. The second-order valence-corrected chi connectivity index (χ2v) is 30.3. The third-order valence-electron chi connectivity index (χ3n) is 18.8. The summed E-state index contributed by atoms with van der Waals surface area (Å²) in [5.74, 6) is -1.90. The number of carbonyl (C=O) groups excluding carboxylic acids is 6. The summed E-state index contributed by atoms with van der Waals surface area (Å²) in [6, 6.07) is 42.7. The molecule has 2 N–H and O–H groups in total. The van der Waals surface area contributed by atoms with Gasteiger partial charge in [0.25, 0.3) is 23.6 Å². The van der Waals surface area contributed by atoms with E-state index in [1.165, 1.54) is 0 Å². The Bertz CT molecular complexity index is 3880. The summed E-state index contributed by atoms with van der Waals surface area (Å²) in [7, 11) is 3.56. The maximum absolute atomic E-state index is 15.7. The van der Waals surface area contributed by atoms with E-state index >= 15 is 19.2 Å². The standard InChI is InChI=1S/C72H72N4O16Si2/c1-83-93(84-2,85-3)41-43-21-19-23-45(33-43)73-59(77)39-75-69(79)51-35-55(89-47-25-11-7-12-26-47)63-65-57(91-49-29-15-9-16-30-49)37-53-62-54(72(82)76(71(53)81)40-60(78)74-46-24-20-22-44(34-46)42-94(86-4,87-5)88-6)38-58(92-50-31-17-10-18-32-50)66(68(62)65)64-56(90-48-27-13-8-14-28-48)36-52(70(75)80)61(51)67(63)64/h7-18,25-32,35-38,43-46H,19-24,33-34,39-42H2,1-6H3,(H,73,77)(H,74,78). The SMILES string of the molecule is CO[Si](CC1CCCC(NC(=O)CN2C(=O)c3cc(Oc4ccccc4)c4c5c(Oc6ccccc6)cc6c7c(cc(Oc8ccccc8)c(c8c(Oc9ccccc9)cc(c3c48)C2=O)c75)C(=O)N(CC(=O)NC2CCCC(C[Si](OC)(OC)OC)C2)C6=O)C1)(OC)OC. The van der Waals surface area contributed by atoms with E-state index in [4.69, 9.17) is 45.5 Å². The summed E-state index contributed by atoms with van der Waals surface area (Å²) in [5, 5.41) is 8.63. The monoisotopic (exact) mass is 1300 g/mol. The van der Waals surface area contributed by atoms with E-state index < -0.39 is 66.1 Å². The quantitative estimate of drug-likeness (QED) is 0.0248. The average Bonchev–Trinajstić information content (AvgIpc) is 0.674. The second kappa shape index (κ2) is 26.7. The molecule has 0 spiro atoms. The lowest BCUT2D eigenvalue weighted by molar-refractivity contribution is -0.123. The largest absolute Gasteiger partial charge is 0.500 e. The van der Waals surface area contributed by atoms with Gasteiger partial charge in [0.05, 0.1) is 22.3 Å². The van der Waals surface area contributed by atoms with Crippen molar-refractivity contribution in [3.8, 4) is 46.0 Å². The van der Waals surface area contributed by atoms with Crippen molar-refractivity contribution in [1.29, 1.82) is 0 Å². The van der Waals surface area contributed by atoms with Gasteiger partial charge in [-0.3, -0.25) is 38.6 Å². The highest BCUT2D eigenvalue weighted by molar-refractivity contribution is 6.61. The lowest BCUT2D eigenvalue weighted by Crippen LogP contribution is -2.50. The molecule has 0 saturated heterocycles. The van der Waals surface area contributed by atoms with Gasteiger partial charge in [0.2, 0.25) is 11.8 Å². The zero-order chi connectivity index (χ0) is 65.4. The number of carbonyl (C=O) groups is 6. The summed E-state index contributed by atoms with van der Waals surface area (Å²) in [4.78, 5) is 93.5. The molecule has 22 heteroatoms. The number of fused-ring (bicyclic) bond motifs is 2. The fourth-order valence-corrected chi connectivity index (χ4v) is 18.6. The molecule has 4 unspecified atom stereocenters. The number of para-hydroxylation sites is 4. The number of imide groups is 2. The molecule has 484 valence electrons. The van der Waals surface area contributed by atoms with Crippen molar-refractivity contribution in [2.45, 2.75) is 75.5 Å². The van der Waals surface area contributed by atoms with Gasteiger partial charge in [0.1, 0.15) is 59.1 Å². The fourth-order valence-electron chi connectivity index (χ4n) is 14.4. The van der Waals surface area contributed by atoms with E-state index in [0.29, 0.717) is 93.1 Å². The number of benzene rings is 9. The number of nitrogens with zero attached hydrogens (tertiary/aromatic N) is 2. The summed E-state index contributed by atoms with van der Waals surface area (Å²) in [6.07, 6.45) is 5.99. The Balaban J connectivity index is 1.01. The molecule has 4 atom stereocenters. The predicted octanol–water partition coefficient (Wildman–Crippen LogP) is 13.2. The second-order valence-electron chi connectivity index (χ2n) is 24.3. The normalized spacial score (nSPS) is 18.3. The maximum atomic E-state index is 15.7. The molecule has 9 aromatic carbocycles. The smallest absolute Gasteiger partial charge is 0.457 e. The molecule has 0 bridgehead atoms. The number of hydrogen-bond donors (Lipinski definition) is 2. The highest BCUT2D eigenvalue weighted by Crippen LogP contribution is 2.58. The van der Waals surface area contributed by atoms with Crippen LogP contribution in [0.1, 0.15) is 92.8 Å². The zero-order valence-corrected chi connectivity index (χ0v) is 55.1. The van der Waals surface area contributed by atoms with E-state index in [-0.39, 0.29) is 79.9 Å². The first kappa shape index (κ1) is 63.6. The van der Waals surface area contributed by atoms with Crippen molar-refractivity contribution in [3.63, 3.8) is 0 Å². The number of rotatable bonds is 24. The molecule has 6 amide bonds. The molecule has 4 aliphatic rings. The van der Waals surface area contributed by atoms with Crippen LogP contribution in [-0.2, 0) is 36.1 Å². The van der Waals surface area contributed by atoms with Crippen molar-refractivity contribution in [2.24, 2.45) is 11.8 Å². The highest BCUT2D eigenvalue weighted by Gasteiger charge is 2.46. The molecule has 13 rings (SSSR count). The molecule has 0 radical (unpaired) electrons. The van der Waals surface area contributed by atoms with E-state index in [0.717, 1.165) is 35.5 Å². The molecule has 2 fully saturated rings. The van der Waals surface area contributed by atoms with Gasteiger partial charge in [-0.1, -0.05) is 98.5 Å². The third kappa shape index (κ3) is 12.0. The number of amides is 6. The summed E-state index contributed by atoms with van der Waals surface area (Å²) >= 11 is 0. The molecule has 2 aliphatic carbocycles. The van der Waals surface area contributed by atoms with Crippen molar-refractivity contribution in [3.05, 3.63) is 168 Å². The summed E-state index contributed by atoms with van der Waals surface area (Å²) in [6.45, 7) is -1.22. The molecular weight excluding hydrogens is 1230 g/mol. The van der Waals surface area contributed by atoms with Gasteiger partial charge in [0.15, 0.2) is 0 Å². The van der Waals surface area contributed by atoms with Crippen molar-refractivity contribution >= 4 is 96.1 Å². The van der Waals surface area contributed by atoms with Crippen LogP contribution in [0.5, 0.6) is 46.0 Å². The van der Waals surface area contributed by atoms with Crippen LogP contribution in [0, 0.1) is 11.8 Å². The summed E-state index contributed by atoms with van der Waals surface area (Å²) in [5.41, 5.74) is 0.168. The van der Waals surface area contributed by atoms with Gasteiger partial charge in [-0.25, -0.2) is 0 Å².